The van der Waals surface area contributed by atoms with Gasteiger partial charge >= 0.3 is 0 Å². The topological polar surface area (TPSA) is 42.0 Å². The highest BCUT2D eigenvalue weighted by Crippen LogP contribution is 2.17. The number of rotatable bonds is 2. The number of aromatic nitrogens is 1. The Bertz CT molecular complexity index is 353. The van der Waals surface area contributed by atoms with Crippen molar-refractivity contribution >= 4 is 43.5 Å². The van der Waals surface area contributed by atoms with Gasteiger partial charge in [-0.1, -0.05) is 15.9 Å². The molecule has 3 nitrogen and oxygen atoms in total. The molecule has 1 amide bonds. The van der Waals surface area contributed by atoms with Gasteiger partial charge in [0, 0.05) is 0 Å². The van der Waals surface area contributed by atoms with Gasteiger partial charge in [0.25, 0.3) is 0 Å². The molecule has 1 unspecified atom stereocenters. The Labute approximate surface area is 99.6 Å². The second-order valence-corrected chi connectivity index (χ2v) is 5.06. The van der Waals surface area contributed by atoms with Gasteiger partial charge in [0.05, 0.1) is 16.7 Å². The predicted molar refractivity (Wildman–Crippen MR) is 63.7 cm³/mol. The van der Waals surface area contributed by atoms with Crippen LogP contribution in [0.25, 0.3) is 0 Å². The molecule has 0 spiro atoms. The van der Waals surface area contributed by atoms with E-state index in [0.717, 1.165) is 10.2 Å². The standard InChI is InChI=1S/C9H10Br2N2O/c1-5-3-7(4-12-8(5)11)13-9(14)6(2)10/h3-4,6H,1-2H3,(H,13,14). The Hall–Kier alpha value is -0.420. The number of pyridine rings is 1. The number of hydrogen-bond donors (Lipinski definition) is 1. The molecule has 0 aliphatic rings. The minimum atomic E-state index is -0.202. The highest BCUT2D eigenvalue weighted by atomic mass is 79.9. The first-order chi connectivity index (χ1) is 6.50. The van der Waals surface area contributed by atoms with Crippen LogP contribution in [0, 0.1) is 6.92 Å². The van der Waals surface area contributed by atoms with Crippen molar-refractivity contribution in [3.05, 3.63) is 22.4 Å². The molecular weight excluding hydrogens is 312 g/mol. The van der Waals surface area contributed by atoms with E-state index in [1.54, 1.807) is 13.1 Å². The van der Waals surface area contributed by atoms with Gasteiger partial charge in [-0.3, -0.25) is 4.79 Å². The third-order valence-corrected chi connectivity index (χ3v) is 2.89. The smallest absolute Gasteiger partial charge is 0.237 e. The summed E-state index contributed by atoms with van der Waals surface area (Å²) in [5.74, 6) is -0.0754. The Balaban J connectivity index is 2.78. The molecular formula is C9H10Br2N2O. The number of carbonyl (C=O) groups excluding carboxylic acids is 1. The van der Waals surface area contributed by atoms with Crippen LogP contribution in [0.4, 0.5) is 5.69 Å². The number of hydrogen-bond acceptors (Lipinski definition) is 2. The average Bonchev–Trinajstić information content (AvgIpc) is 2.11. The zero-order chi connectivity index (χ0) is 10.7. The number of nitrogens with one attached hydrogen (secondary N) is 1. The summed E-state index contributed by atoms with van der Waals surface area (Å²) >= 11 is 6.48. The monoisotopic (exact) mass is 320 g/mol. The van der Waals surface area contributed by atoms with E-state index in [2.05, 4.69) is 42.2 Å². The quantitative estimate of drug-likeness (QED) is 0.672. The van der Waals surface area contributed by atoms with Crippen LogP contribution >= 0.6 is 31.9 Å². The molecule has 0 fully saturated rings. The van der Waals surface area contributed by atoms with E-state index in [4.69, 9.17) is 0 Å². The molecule has 0 saturated carbocycles. The number of nitrogens with zero attached hydrogens (tertiary/aromatic N) is 1. The van der Waals surface area contributed by atoms with Gasteiger partial charge in [-0.25, -0.2) is 4.98 Å². The van der Waals surface area contributed by atoms with Crippen molar-refractivity contribution in [1.82, 2.24) is 4.98 Å². The van der Waals surface area contributed by atoms with Crippen LogP contribution in [-0.4, -0.2) is 15.7 Å². The molecule has 76 valence electrons. The highest BCUT2D eigenvalue weighted by Gasteiger charge is 2.09. The molecule has 1 aromatic heterocycles. The molecule has 0 bridgehead atoms. The number of halogens is 2. The lowest BCUT2D eigenvalue weighted by Gasteiger charge is -2.07. The lowest BCUT2D eigenvalue weighted by atomic mass is 10.3. The Morgan fingerprint density at radius 3 is 2.79 bits per heavy atom. The van der Waals surface area contributed by atoms with Crippen LogP contribution in [0.1, 0.15) is 12.5 Å². The van der Waals surface area contributed by atoms with Gasteiger partial charge < -0.3 is 5.32 Å². The van der Waals surface area contributed by atoms with Gasteiger partial charge in [-0.2, -0.15) is 0 Å². The van der Waals surface area contributed by atoms with Crippen LogP contribution < -0.4 is 5.32 Å². The number of aryl methyl sites for hydroxylation is 1. The molecule has 0 aromatic carbocycles. The second-order valence-electron chi connectivity index (χ2n) is 2.94. The van der Waals surface area contributed by atoms with Gasteiger partial charge in [-0.05, 0) is 41.4 Å². The van der Waals surface area contributed by atoms with E-state index in [1.807, 2.05) is 13.0 Å². The number of carbonyl (C=O) groups is 1. The highest BCUT2D eigenvalue weighted by molar-refractivity contribution is 9.10. The average molecular weight is 322 g/mol. The number of alkyl halides is 1. The van der Waals surface area contributed by atoms with E-state index in [-0.39, 0.29) is 10.7 Å². The summed E-state index contributed by atoms with van der Waals surface area (Å²) in [6.07, 6.45) is 1.62. The van der Waals surface area contributed by atoms with Crippen molar-refractivity contribution in [3.63, 3.8) is 0 Å². The summed E-state index contributed by atoms with van der Waals surface area (Å²) in [5.41, 5.74) is 1.70. The molecule has 1 N–H and O–H groups in total. The maximum absolute atomic E-state index is 11.3. The molecule has 1 aromatic rings. The lowest BCUT2D eigenvalue weighted by molar-refractivity contribution is -0.115. The van der Waals surface area contributed by atoms with Crippen molar-refractivity contribution in [2.75, 3.05) is 5.32 Å². The summed E-state index contributed by atoms with van der Waals surface area (Å²) < 4.78 is 0.794. The van der Waals surface area contributed by atoms with E-state index in [0.29, 0.717) is 5.69 Å². The fourth-order valence-electron chi connectivity index (χ4n) is 0.868. The predicted octanol–water partition coefficient (Wildman–Crippen LogP) is 2.87. The van der Waals surface area contributed by atoms with Gasteiger partial charge in [0.15, 0.2) is 0 Å². The normalized spacial score (nSPS) is 12.3. The molecule has 1 atom stereocenters. The largest absolute Gasteiger partial charge is 0.324 e. The van der Waals surface area contributed by atoms with Crippen LogP contribution in [-0.2, 0) is 4.79 Å². The van der Waals surface area contributed by atoms with Gasteiger partial charge in [0.1, 0.15) is 4.60 Å². The first kappa shape index (κ1) is 11.7. The van der Waals surface area contributed by atoms with Crippen molar-refractivity contribution in [3.8, 4) is 0 Å². The van der Waals surface area contributed by atoms with Gasteiger partial charge in [0.2, 0.25) is 5.91 Å². The lowest BCUT2D eigenvalue weighted by Crippen LogP contribution is -2.20. The van der Waals surface area contributed by atoms with E-state index in [9.17, 15) is 4.79 Å². The molecule has 0 radical (unpaired) electrons. The third kappa shape index (κ3) is 3.06. The second kappa shape index (κ2) is 4.89. The molecule has 14 heavy (non-hydrogen) atoms. The molecule has 0 aliphatic heterocycles. The van der Waals surface area contributed by atoms with Crippen molar-refractivity contribution in [1.29, 1.82) is 0 Å². The minimum absolute atomic E-state index is 0.0754. The van der Waals surface area contributed by atoms with E-state index < -0.39 is 0 Å². The SMILES string of the molecule is Cc1cc(NC(=O)C(C)Br)cnc1Br. The summed E-state index contributed by atoms with van der Waals surface area (Å²) in [7, 11) is 0. The fraction of sp³-hybridized carbons (Fsp3) is 0.333. The van der Waals surface area contributed by atoms with Crippen LogP contribution in [0.2, 0.25) is 0 Å². The maximum atomic E-state index is 11.3. The Kier molecular flexibility index (Phi) is 4.07. The summed E-state index contributed by atoms with van der Waals surface area (Å²) in [6, 6.07) is 1.87. The molecule has 1 heterocycles. The molecule has 0 aliphatic carbocycles. The first-order valence-corrected chi connectivity index (χ1v) is 5.78. The summed E-state index contributed by atoms with van der Waals surface area (Å²) in [4.78, 5) is 15.2. The van der Waals surface area contributed by atoms with E-state index in [1.165, 1.54) is 0 Å². The molecule has 0 saturated heterocycles. The van der Waals surface area contributed by atoms with E-state index >= 15 is 0 Å². The van der Waals surface area contributed by atoms with Gasteiger partial charge in [-0.15, -0.1) is 0 Å². The Morgan fingerprint density at radius 2 is 2.29 bits per heavy atom. The zero-order valence-corrected chi connectivity index (χ0v) is 11.0. The number of anilines is 1. The first-order valence-electron chi connectivity index (χ1n) is 4.08. The summed E-state index contributed by atoms with van der Waals surface area (Å²) in [5, 5.41) is 2.74. The fourth-order valence-corrected chi connectivity index (χ4v) is 1.20. The van der Waals surface area contributed by atoms with Crippen LogP contribution in [0.3, 0.4) is 0 Å². The Morgan fingerprint density at radius 1 is 1.64 bits per heavy atom. The summed E-state index contributed by atoms with van der Waals surface area (Å²) in [6.45, 7) is 3.69. The third-order valence-electron chi connectivity index (χ3n) is 1.64. The minimum Gasteiger partial charge on any atom is -0.324 e. The van der Waals surface area contributed by atoms with Crippen molar-refractivity contribution in [2.24, 2.45) is 0 Å². The van der Waals surface area contributed by atoms with Crippen molar-refractivity contribution in [2.45, 2.75) is 18.7 Å². The van der Waals surface area contributed by atoms with Crippen LogP contribution in [0.5, 0.6) is 0 Å². The zero-order valence-electron chi connectivity index (χ0n) is 7.84. The van der Waals surface area contributed by atoms with Crippen molar-refractivity contribution < 1.29 is 4.79 Å². The molecule has 5 heteroatoms. The number of amides is 1. The van der Waals surface area contributed by atoms with Crippen LogP contribution in [0.15, 0.2) is 16.9 Å². The molecule has 1 rings (SSSR count). The maximum Gasteiger partial charge on any atom is 0.237 e.